The fraction of sp³-hybridized carbons (Fsp3) is 0.692. The molecular formula is C13H20F2N4O. The summed E-state index contributed by atoms with van der Waals surface area (Å²) in [7, 11) is 0. The zero-order valence-electron chi connectivity index (χ0n) is 11.7. The van der Waals surface area contributed by atoms with Gasteiger partial charge in [0.1, 0.15) is 0 Å². The lowest BCUT2D eigenvalue weighted by Gasteiger charge is -2.16. The standard InChI is InChI=1S/C13H20F2N4O/c1-7-10(8(2)19(18-7)13(14)15)5-12(20)17-11(6-16)9-3-4-9/h9,11,13H,3-6,16H2,1-2H3,(H,17,20). The first-order valence-electron chi connectivity index (χ1n) is 6.76. The van der Waals surface area contributed by atoms with Gasteiger partial charge in [0.2, 0.25) is 5.91 Å². The zero-order valence-corrected chi connectivity index (χ0v) is 11.7. The molecule has 1 aliphatic carbocycles. The molecule has 1 aliphatic rings. The molecule has 0 radical (unpaired) electrons. The highest BCUT2D eigenvalue weighted by Crippen LogP contribution is 2.32. The fourth-order valence-corrected chi connectivity index (χ4v) is 2.43. The molecule has 1 heterocycles. The van der Waals surface area contributed by atoms with Crippen LogP contribution in [0.3, 0.4) is 0 Å². The third kappa shape index (κ3) is 3.15. The second kappa shape index (κ2) is 5.87. The number of hydrogen-bond donors (Lipinski definition) is 2. The molecule has 5 nitrogen and oxygen atoms in total. The Morgan fingerprint density at radius 3 is 2.60 bits per heavy atom. The average Bonchev–Trinajstić information content (AvgIpc) is 3.18. The monoisotopic (exact) mass is 286 g/mol. The van der Waals surface area contributed by atoms with Crippen LogP contribution in [-0.4, -0.2) is 28.3 Å². The third-order valence-electron chi connectivity index (χ3n) is 3.79. The van der Waals surface area contributed by atoms with Gasteiger partial charge in [-0.2, -0.15) is 13.9 Å². The van der Waals surface area contributed by atoms with Crippen molar-refractivity contribution < 1.29 is 13.6 Å². The predicted octanol–water partition coefficient (Wildman–Crippen LogP) is 1.29. The molecule has 1 amide bonds. The normalized spacial score (nSPS) is 16.5. The molecular weight excluding hydrogens is 266 g/mol. The molecule has 1 aromatic heterocycles. The van der Waals surface area contributed by atoms with Crippen LogP contribution in [0.2, 0.25) is 0 Å². The smallest absolute Gasteiger partial charge is 0.333 e. The van der Waals surface area contributed by atoms with Gasteiger partial charge in [0.25, 0.3) is 0 Å². The molecule has 0 aliphatic heterocycles. The minimum Gasteiger partial charge on any atom is -0.352 e. The molecule has 2 rings (SSSR count). The van der Waals surface area contributed by atoms with Crippen LogP contribution >= 0.6 is 0 Å². The van der Waals surface area contributed by atoms with E-state index >= 15 is 0 Å². The summed E-state index contributed by atoms with van der Waals surface area (Å²) in [5, 5.41) is 6.65. The largest absolute Gasteiger partial charge is 0.352 e. The van der Waals surface area contributed by atoms with Crippen molar-refractivity contribution in [1.82, 2.24) is 15.1 Å². The average molecular weight is 286 g/mol. The Kier molecular flexibility index (Phi) is 4.37. The van der Waals surface area contributed by atoms with Crippen LogP contribution in [0.5, 0.6) is 0 Å². The van der Waals surface area contributed by atoms with Gasteiger partial charge in [-0.3, -0.25) is 4.79 Å². The summed E-state index contributed by atoms with van der Waals surface area (Å²) in [5.41, 5.74) is 7.00. The third-order valence-corrected chi connectivity index (χ3v) is 3.79. The molecule has 1 aromatic rings. The van der Waals surface area contributed by atoms with Crippen LogP contribution in [-0.2, 0) is 11.2 Å². The van der Waals surface area contributed by atoms with Gasteiger partial charge in [-0.1, -0.05) is 0 Å². The SMILES string of the molecule is Cc1nn(C(F)F)c(C)c1CC(=O)NC(CN)C1CC1. The van der Waals surface area contributed by atoms with E-state index in [0.29, 0.717) is 34.1 Å². The van der Waals surface area contributed by atoms with Crippen LogP contribution in [0, 0.1) is 19.8 Å². The van der Waals surface area contributed by atoms with E-state index in [1.807, 2.05) is 0 Å². The maximum absolute atomic E-state index is 12.7. The van der Waals surface area contributed by atoms with Crippen LogP contribution in [0.4, 0.5) is 8.78 Å². The summed E-state index contributed by atoms with van der Waals surface area (Å²) >= 11 is 0. The number of carbonyl (C=O) groups is 1. The van der Waals surface area contributed by atoms with Gasteiger partial charge < -0.3 is 11.1 Å². The summed E-state index contributed by atoms with van der Waals surface area (Å²) in [5.74, 6) is 0.280. The van der Waals surface area contributed by atoms with E-state index in [4.69, 9.17) is 5.73 Å². The highest BCUT2D eigenvalue weighted by atomic mass is 19.3. The van der Waals surface area contributed by atoms with Crippen molar-refractivity contribution in [2.75, 3.05) is 6.54 Å². The van der Waals surface area contributed by atoms with Crippen molar-refractivity contribution in [2.24, 2.45) is 11.7 Å². The van der Waals surface area contributed by atoms with Crippen molar-refractivity contribution in [1.29, 1.82) is 0 Å². The van der Waals surface area contributed by atoms with E-state index in [9.17, 15) is 13.6 Å². The molecule has 20 heavy (non-hydrogen) atoms. The number of halogens is 2. The number of carbonyl (C=O) groups excluding carboxylic acids is 1. The lowest BCUT2D eigenvalue weighted by molar-refractivity contribution is -0.121. The summed E-state index contributed by atoms with van der Waals surface area (Å²) in [6.07, 6.45) is 2.24. The summed E-state index contributed by atoms with van der Waals surface area (Å²) in [6.45, 7) is 0.907. The van der Waals surface area contributed by atoms with Crippen LogP contribution in [0.25, 0.3) is 0 Å². The quantitative estimate of drug-likeness (QED) is 0.827. The summed E-state index contributed by atoms with van der Waals surface area (Å²) in [4.78, 5) is 12.0. The van der Waals surface area contributed by atoms with Crippen molar-refractivity contribution in [3.05, 3.63) is 17.0 Å². The number of alkyl halides is 2. The van der Waals surface area contributed by atoms with Gasteiger partial charge in [-0.25, -0.2) is 4.68 Å². The number of nitrogens with two attached hydrogens (primary N) is 1. The Labute approximate surface area is 116 Å². The second-order valence-corrected chi connectivity index (χ2v) is 5.30. The van der Waals surface area contributed by atoms with Gasteiger partial charge in [-0.15, -0.1) is 0 Å². The van der Waals surface area contributed by atoms with E-state index in [1.54, 1.807) is 13.8 Å². The number of amides is 1. The van der Waals surface area contributed by atoms with E-state index in [1.165, 1.54) is 0 Å². The van der Waals surface area contributed by atoms with Crippen LogP contribution in [0.1, 0.15) is 36.3 Å². The maximum Gasteiger partial charge on any atom is 0.333 e. The molecule has 3 N–H and O–H groups in total. The molecule has 0 spiro atoms. The van der Waals surface area contributed by atoms with Gasteiger partial charge in [0.15, 0.2) is 0 Å². The molecule has 1 unspecified atom stereocenters. The van der Waals surface area contributed by atoms with E-state index in [0.717, 1.165) is 12.8 Å². The Bertz CT molecular complexity index is 497. The Hall–Kier alpha value is -1.50. The van der Waals surface area contributed by atoms with Crippen LogP contribution < -0.4 is 11.1 Å². The fourth-order valence-electron chi connectivity index (χ4n) is 2.43. The molecule has 0 aromatic carbocycles. The molecule has 112 valence electrons. The molecule has 1 fully saturated rings. The van der Waals surface area contributed by atoms with E-state index in [-0.39, 0.29) is 18.4 Å². The number of hydrogen-bond acceptors (Lipinski definition) is 3. The highest BCUT2D eigenvalue weighted by Gasteiger charge is 2.31. The van der Waals surface area contributed by atoms with Crippen molar-refractivity contribution >= 4 is 5.91 Å². The Morgan fingerprint density at radius 1 is 1.50 bits per heavy atom. The van der Waals surface area contributed by atoms with Gasteiger partial charge in [0.05, 0.1) is 12.1 Å². The van der Waals surface area contributed by atoms with Crippen molar-refractivity contribution in [3.63, 3.8) is 0 Å². The minimum atomic E-state index is -2.69. The summed E-state index contributed by atoms with van der Waals surface area (Å²) < 4.78 is 26.1. The Balaban J connectivity index is 2.03. The molecule has 7 heteroatoms. The first-order valence-corrected chi connectivity index (χ1v) is 6.76. The predicted molar refractivity (Wildman–Crippen MR) is 70.4 cm³/mol. The first kappa shape index (κ1) is 14.9. The first-order chi connectivity index (χ1) is 9.43. The van der Waals surface area contributed by atoms with Crippen molar-refractivity contribution in [3.8, 4) is 0 Å². The topological polar surface area (TPSA) is 72.9 Å². The van der Waals surface area contributed by atoms with Crippen molar-refractivity contribution in [2.45, 2.75) is 45.7 Å². The highest BCUT2D eigenvalue weighted by molar-refractivity contribution is 5.79. The molecule has 0 bridgehead atoms. The van der Waals surface area contributed by atoms with Gasteiger partial charge in [-0.05, 0) is 32.6 Å². The number of aryl methyl sites for hydroxylation is 1. The molecule has 1 atom stereocenters. The molecule has 1 saturated carbocycles. The van der Waals surface area contributed by atoms with E-state index < -0.39 is 6.55 Å². The lowest BCUT2D eigenvalue weighted by Crippen LogP contribution is -2.42. The molecule has 0 saturated heterocycles. The zero-order chi connectivity index (χ0) is 14.9. The van der Waals surface area contributed by atoms with E-state index in [2.05, 4.69) is 10.4 Å². The van der Waals surface area contributed by atoms with Crippen LogP contribution in [0.15, 0.2) is 0 Å². The number of rotatable bonds is 6. The second-order valence-electron chi connectivity index (χ2n) is 5.30. The number of aromatic nitrogens is 2. The van der Waals surface area contributed by atoms with Gasteiger partial charge >= 0.3 is 6.55 Å². The number of nitrogens with zero attached hydrogens (tertiary/aromatic N) is 2. The minimum absolute atomic E-state index is 0.00624. The maximum atomic E-state index is 12.7. The lowest BCUT2D eigenvalue weighted by atomic mass is 10.1. The van der Waals surface area contributed by atoms with Gasteiger partial charge in [0, 0.05) is 23.8 Å². The summed E-state index contributed by atoms with van der Waals surface area (Å²) in [6, 6.07) is -0.00624. The Morgan fingerprint density at radius 2 is 2.15 bits per heavy atom. The number of nitrogens with one attached hydrogen (secondary N) is 1.